The zero-order valence-electron chi connectivity index (χ0n) is 15.9. The molecule has 0 spiro atoms. The summed E-state index contributed by atoms with van der Waals surface area (Å²) in [5, 5.41) is 5.45. The third kappa shape index (κ3) is 6.06. The molecule has 0 aliphatic rings. The summed E-state index contributed by atoms with van der Waals surface area (Å²) in [7, 11) is 3.16. The van der Waals surface area contributed by atoms with Gasteiger partial charge in [0, 0.05) is 21.4 Å². The van der Waals surface area contributed by atoms with Crippen molar-refractivity contribution in [2.24, 2.45) is 5.10 Å². The van der Waals surface area contributed by atoms with Crippen LogP contribution >= 0.6 is 35.0 Å². The van der Waals surface area contributed by atoms with Gasteiger partial charge in [-0.1, -0.05) is 36.2 Å². The van der Waals surface area contributed by atoms with Gasteiger partial charge >= 0.3 is 0 Å². The highest BCUT2D eigenvalue weighted by molar-refractivity contribution is 7.99. The second-order valence-corrected chi connectivity index (χ2v) is 7.51. The summed E-state index contributed by atoms with van der Waals surface area (Å²) in [6, 6.07) is 10.9. The van der Waals surface area contributed by atoms with Crippen LogP contribution in [0, 0.1) is 0 Å². The smallest absolute Gasteiger partial charge is 0.250 e. The second kappa shape index (κ2) is 11.2. The van der Waals surface area contributed by atoms with Crippen molar-refractivity contribution in [3.63, 3.8) is 0 Å². The molecule has 1 N–H and O–H groups in total. The van der Waals surface area contributed by atoms with Gasteiger partial charge in [0.2, 0.25) is 5.91 Å². The van der Waals surface area contributed by atoms with Crippen molar-refractivity contribution >= 4 is 46.6 Å². The molecular weight excluding hydrogens is 419 g/mol. The zero-order chi connectivity index (χ0) is 20.5. The number of amides is 1. The maximum absolute atomic E-state index is 12.1. The van der Waals surface area contributed by atoms with Crippen molar-refractivity contribution in [1.29, 1.82) is 0 Å². The standard InChI is InChI=1S/C20H22Cl2N2O3S/c1-4-17(13-8-9-18(26-2)19(10-13)27-3)23-24-20(25)12-28-11-14-15(21)6-5-7-16(14)22/h5-10H,4,11-12H2,1-3H3,(H,24,25)/b23-17-. The first kappa shape index (κ1) is 22.4. The highest BCUT2D eigenvalue weighted by Gasteiger charge is 2.10. The molecule has 0 aliphatic heterocycles. The lowest BCUT2D eigenvalue weighted by atomic mass is 10.1. The summed E-state index contributed by atoms with van der Waals surface area (Å²) < 4.78 is 10.6. The summed E-state index contributed by atoms with van der Waals surface area (Å²) in [5.74, 6) is 1.85. The van der Waals surface area contributed by atoms with E-state index in [2.05, 4.69) is 10.5 Å². The van der Waals surface area contributed by atoms with Crippen molar-refractivity contribution in [1.82, 2.24) is 5.43 Å². The Balaban J connectivity index is 1.96. The van der Waals surface area contributed by atoms with E-state index in [4.69, 9.17) is 32.7 Å². The Kier molecular flexibility index (Phi) is 8.96. The van der Waals surface area contributed by atoms with Crippen LogP contribution in [0.3, 0.4) is 0 Å². The van der Waals surface area contributed by atoms with Gasteiger partial charge in [-0.3, -0.25) is 4.79 Å². The molecule has 0 fully saturated rings. The Morgan fingerprint density at radius 2 is 1.79 bits per heavy atom. The minimum Gasteiger partial charge on any atom is -0.493 e. The van der Waals surface area contributed by atoms with E-state index in [-0.39, 0.29) is 11.7 Å². The minimum atomic E-state index is -0.195. The van der Waals surface area contributed by atoms with E-state index in [0.29, 0.717) is 33.7 Å². The van der Waals surface area contributed by atoms with Gasteiger partial charge in [0.15, 0.2) is 11.5 Å². The monoisotopic (exact) mass is 440 g/mol. The summed E-state index contributed by atoms with van der Waals surface area (Å²) in [6.07, 6.45) is 0.651. The molecule has 0 saturated heterocycles. The lowest BCUT2D eigenvalue weighted by Gasteiger charge is -2.11. The molecule has 8 heteroatoms. The number of rotatable bonds is 9. The predicted molar refractivity (Wildman–Crippen MR) is 117 cm³/mol. The van der Waals surface area contributed by atoms with Crippen LogP contribution in [0.15, 0.2) is 41.5 Å². The summed E-state index contributed by atoms with van der Waals surface area (Å²) >= 11 is 13.7. The van der Waals surface area contributed by atoms with Crippen LogP contribution in [0.5, 0.6) is 11.5 Å². The number of halogens is 2. The molecule has 0 atom stereocenters. The van der Waals surface area contributed by atoms with E-state index in [1.807, 2.05) is 25.1 Å². The topological polar surface area (TPSA) is 59.9 Å². The molecule has 0 heterocycles. The molecule has 0 unspecified atom stereocenters. The van der Waals surface area contributed by atoms with Crippen LogP contribution in [-0.2, 0) is 10.5 Å². The average Bonchev–Trinajstić information content (AvgIpc) is 2.70. The van der Waals surface area contributed by atoms with E-state index in [9.17, 15) is 4.79 Å². The molecule has 150 valence electrons. The lowest BCUT2D eigenvalue weighted by Crippen LogP contribution is -2.22. The normalized spacial score (nSPS) is 11.2. The van der Waals surface area contributed by atoms with Crippen molar-refractivity contribution in [2.45, 2.75) is 19.1 Å². The van der Waals surface area contributed by atoms with E-state index >= 15 is 0 Å². The Morgan fingerprint density at radius 1 is 1.11 bits per heavy atom. The van der Waals surface area contributed by atoms with E-state index < -0.39 is 0 Å². The fraction of sp³-hybridized carbons (Fsp3) is 0.300. The van der Waals surface area contributed by atoms with Crippen LogP contribution in [0.2, 0.25) is 10.0 Å². The maximum atomic E-state index is 12.1. The second-order valence-electron chi connectivity index (χ2n) is 5.71. The van der Waals surface area contributed by atoms with Crippen LogP contribution < -0.4 is 14.9 Å². The molecule has 2 rings (SSSR count). The van der Waals surface area contributed by atoms with Gasteiger partial charge in [0.1, 0.15) is 0 Å². The molecule has 0 radical (unpaired) electrons. The van der Waals surface area contributed by atoms with Crippen molar-refractivity contribution < 1.29 is 14.3 Å². The van der Waals surface area contributed by atoms with Crippen LogP contribution in [-0.4, -0.2) is 31.6 Å². The number of hydrazone groups is 1. The molecule has 0 aliphatic carbocycles. The number of thioether (sulfide) groups is 1. The van der Waals surface area contributed by atoms with Gasteiger partial charge in [-0.25, -0.2) is 5.43 Å². The van der Waals surface area contributed by atoms with E-state index in [0.717, 1.165) is 16.8 Å². The van der Waals surface area contributed by atoms with E-state index in [1.165, 1.54) is 11.8 Å². The first-order chi connectivity index (χ1) is 13.5. The molecule has 0 aromatic heterocycles. The first-order valence-corrected chi connectivity index (χ1v) is 10.5. The van der Waals surface area contributed by atoms with Gasteiger partial charge in [0.25, 0.3) is 0 Å². The van der Waals surface area contributed by atoms with Gasteiger partial charge in [-0.15, -0.1) is 11.8 Å². The fourth-order valence-corrected chi connectivity index (χ4v) is 4.00. The van der Waals surface area contributed by atoms with Crippen LogP contribution in [0.25, 0.3) is 0 Å². The Morgan fingerprint density at radius 3 is 2.39 bits per heavy atom. The zero-order valence-corrected chi connectivity index (χ0v) is 18.2. The minimum absolute atomic E-state index is 0.195. The molecule has 1 amide bonds. The average molecular weight is 441 g/mol. The van der Waals surface area contributed by atoms with Gasteiger partial charge in [-0.05, 0) is 42.3 Å². The Bertz CT molecular complexity index is 839. The van der Waals surface area contributed by atoms with Crippen LogP contribution in [0.1, 0.15) is 24.5 Å². The van der Waals surface area contributed by atoms with Crippen molar-refractivity contribution in [3.8, 4) is 11.5 Å². The third-order valence-electron chi connectivity index (χ3n) is 3.91. The lowest BCUT2D eigenvalue weighted by molar-refractivity contribution is -0.118. The number of hydrogen-bond donors (Lipinski definition) is 1. The number of nitrogens with one attached hydrogen (secondary N) is 1. The van der Waals surface area contributed by atoms with Crippen molar-refractivity contribution in [2.75, 3.05) is 20.0 Å². The number of methoxy groups -OCH3 is 2. The molecule has 28 heavy (non-hydrogen) atoms. The summed E-state index contributed by atoms with van der Waals surface area (Å²) in [4.78, 5) is 12.1. The fourth-order valence-electron chi connectivity index (χ4n) is 2.44. The SMILES string of the molecule is CC/C(=N/NC(=O)CSCc1c(Cl)cccc1Cl)c1ccc(OC)c(OC)c1. The molecule has 0 saturated carbocycles. The predicted octanol–water partition coefficient (Wildman–Crippen LogP) is 5.17. The first-order valence-electron chi connectivity index (χ1n) is 8.58. The number of hydrogen-bond acceptors (Lipinski definition) is 5. The number of benzene rings is 2. The molecular formula is C20H22Cl2N2O3S. The number of nitrogens with zero attached hydrogens (tertiary/aromatic N) is 1. The Labute approximate surface area is 179 Å². The highest BCUT2D eigenvalue weighted by atomic mass is 35.5. The van der Waals surface area contributed by atoms with Crippen molar-refractivity contribution in [3.05, 3.63) is 57.6 Å². The molecule has 0 bridgehead atoms. The quantitative estimate of drug-likeness (QED) is 0.431. The highest BCUT2D eigenvalue weighted by Crippen LogP contribution is 2.29. The molecule has 2 aromatic carbocycles. The van der Waals surface area contributed by atoms with Gasteiger partial charge in [-0.2, -0.15) is 5.10 Å². The maximum Gasteiger partial charge on any atom is 0.250 e. The number of carbonyl (C=O) groups excluding carboxylic acids is 1. The number of carbonyl (C=O) groups is 1. The third-order valence-corrected chi connectivity index (χ3v) is 5.58. The summed E-state index contributed by atoms with van der Waals surface area (Å²) in [5.41, 5.74) is 5.03. The number of ether oxygens (including phenoxy) is 2. The van der Waals surface area contributed by atoms with Gasteiger partial charge < -0.3 is 9.47 Å². The largest absolute Gasteiger partial charge is 0.493 e. The Hall–Kier alpha value is -1.89. The van der Waals surface area contributed by atoms with Crippen LogP contribution in [0.4, 0.5) is 0 Å². The van der Waals surface area contributed by atoms with Gasteiger partial charge in [0.05, 0.1) is 25.7 Å². The molecule has 5 nitrogen and oxygen atoms in total. The summed E-state index contributed by atoms with van der Waals surface area (Å²) in [6.45, 7) is 1.97. The van der Waals surface area contributed by atoms with E-state index in [1.54, 1.807) is 32.4 Å². The molecule has 2 aromatic rings.